The third-order valence-electron chi connectivity index (χ3n) is 3.56. The molecular weight excluding hydrogens is 298 g/mol. The van der Waals surface area contributed by atoms with Crippen molar-refractivity contribution in [1.29, 1.82) is 0 Å². The van der Waals surface area contributed by atoms with Crippen LogP contribution in [0.25, 0.3) is 4.91 Å². The second-order valence-corrected chi connectivity index (χ2v) is 6.62. The lowest BCUT2D eigenvalue weighted by atomic mass is 10.2. The molecular formula is C12H13N3O5S. The van der Waals surface area contributed by atoms with Crippen LogP contribution in [-0.2, 0) is 10.0 Å². The van der Waals surface area contributed by atoms with Crippen molar-refractivity contribution in [3.63, 3.8) is 0 Å². The third kappa shape index (κ3) is 2.05. The summed E-state index contributed by atoms with van der Waals surface area (Å²) < 4.78 is 26.1. The van der Waals surface area contributed by atoms with E-state index in [4.69, 9.17) is 0 Å². The number of hydrogen-bond acceptors (Lipinski definition) is 6. The van der Waals surface area contributed by atoms with Gasteiger partial charge in [0.25, 0.3) is 15.7 Å². The summed E-state index contributed by atoms with van der Waals surface area (Å²) in [5.74, 6) is -0.316. The first-order chi connectivity index (χ1) is 9.93. The van der Waals surface area contributed by atoms with E-state index in [0.717, 1.165) is 17.3 Å². The van der Waals surface area contributed by atoms with Gasteiger partial charge in [-0.1, -0.05) is 0 Å². The van der Waals surface area contributed by atoms with Gasteiger partial charge in [-0.2, -0.15) is 0 Å². The topological polar surface area (TPSA) is 104 Å². The average molecular weight is 311 g/mol. The molecule has 8 nitrogen and oxygen atoms in total. The van der Waals surface area contributed by atoms with Gasteiger partial charge < -0.3 is 5.11 Å². The molecule has 0 radical (unpaired) electrons. The minimum Gasteiger partial charge on any atom is -0.493 e. The highest BCUT2D eigenvalue weighted by Gasteiger charge is 2.45. The molecule has 2 aliphatic rings. The second kappa shape index (κ2) is 4.71. The summed E-state index contributed by atoms with van der Waals surface area (Å²) in [5.41, 5.74) is 0.111. The Morgan fingerprint density at radius 3 is 2.33 bits per heavy atom. The Morgan fingerprint density at radius 1 is 1.14 bits per heavy atom. The number of hydrogen-bond donors (Lipinski definition) is 1. The van der Waals surface area contributed by atoms with Crippen LogP contribution in [0.15, 0.2) is 30.1 Å². The van der Waals surface area contributed by atoms with E-state index in [-0.39, 0.29) is 22.0 Å². The molecule has 1 N–H and O–H groups in total. The molecule has 1 aromatic rings. The number of nitrogens with zero attached hydrogens (tertiary/aromatic N) is 3. The van der Waals surface area contributed by atoms with Crippen LogP contribution in [0.4, 0.5) is 5.69 Å². The molecule has 0 amide bonds. The Morgan fingerprint density at radius 2 is 1.76 bits per heavy atom. The summed E-state index contributed by atoms with van der Waals surface area (Å²) in [6.45, 7) is 0.754. The summed E-state index contributed by atoms with van der Waals surface area (Å²) in [4.78, 5) is 9.88. The zero-order chi connectivity index (χ0) is 15.2. The van der Waals surface area contributed by atoms with Gasteiger partial charge in [0.2, 0.25) is 5.88 Å². The minimum atomic E-state index is -3.80. The van der Waals surface area contributed by atoms with Crippen LogP contribution in [0.5, 0.6) is 0 Å². The van der Waals surface area contributed by atoms with Crippen molar-refractivity contribution in [2.24, 2.45) is 0 Å². The van der Waals surface area contributed by atoms with Crippen molar-refractivity contribution in [2.45, 2.75) is 12.8 Å². The lowest BCUT2D eigenvalue weighted by Gasteiger charge is -2.31. The standard InChI is InChI=1S/C12H13N3O5S/c16-12-11(9-3-5-10(6-4-9)15(17)18)21(19,20)14-8-2-1-7-13(12)14/h3-6,16H,1-2,7-8H2. The molecule has 0 bridgehead atoms. The number of aliphatic hydroxyl groups is 1. The normalized spacial score (nSPS) is 21.4. The summed E-state index contributed by atoms with van der Waals surface area (Å²) in [7, 11) is -3.80. The fourth-order valence-electron chi connectivity index (χ4n) is 2.55. The van der Waals surface area contributed by atoms with Gasteiger partial charge in [-0.25, -0.2) is 8.42 Å². The van der Waals surface area contributed by atoms with Crippen molar-refractivity contribution >= 4 is 20.6 Å². The van der Waals surface area contributed by atoms with Gasteiger partial charge in [0.1, 0.15) is 0 Å². The number of aliphatic hydroxyl groups excluding tert-OH is 1. The number of nitro groups is 1. The monoisotopic (exact) mass is 311 g/mol. The van der Waals surface area contributed by atoms with Crippen LogP contribution in [-0.4, -0.2) is 41.0 Å². The Bertz CT molecular complexity index is 726. The van der Waals surface area contributed by atoms with Crippen LogP contribution in [0.3, 0.4) is 0 Å². The van der Waals surface area contributed by atoms with Gasteiger partial charge in [-0.3, -0.25) is 15.1 Å². The molecule has 0 aliphatic carbocycles. The largest absolute Gasteiger partial charge is 0.493 e. The molecule has 1 saturated heterocycles. The van der Waals surface area contributed by atoms with Gasteiger partial charge in [0, 0.05) is 30.8 Å². The number of hydrazine groups is 1. The Balaban J connectivity index is 2.07. The maximum atomic E-state index is 12.5. The van der Waals surface area contributed by atoms with Crippen LogP contribution >= 0.6 is 0 Å². The second-order valence-electron chi connectivity index (χ2n) is 4.84. The van der Waals surface area contributed by atoms with Gasteiger partial charge in [0.15, 0.2) is 4.91 Å². The molecule has 21 heavy (non-hydrogen) atoms. The van der Waals surface area contributed by atoms with Crippen molar-refractivity contribution in [2.75, 3.05) is 13.1 Å². The first-order valence-corrected chi connectivity index (χ1v) is 7.85. The molecule has 3 rings (SSSR count). The first kappa shape index (κ1) is 13.8. The van der Waals surface area contributed by atoms with E-state index in [9.17, 15) is 23.6 Å². The lowest BCUT2D eigenvalue weighted by molar-refractivity contribution is -0.384. The van der Waals surface area contributed by atoms with Crippen LogP contribution in [0, 0.1) is 10.1 Å². The SMILES string of the molecule is O=[N+]([O-])c1ccc(C2=C(O)N3CCCCN3S2(=O)=O)cc1. The number of sulfonamides is 1. The number of nitro benzene ring substituents is 1. The van der Waals surface area contributed by atoms with Gasteiger partial charge >= 0.3 is 0 Å². The van der Waals surface area contributed by atoms with Gasteiger partial charge in [-0.15, -0.1) is 4.41 Å². The summed E-state index contributed by atoms with van der Waals surface area (Å²) in [6, 6.07) is 5.11. The van der Waals surface area contributed by atoms with Crippen molar-refractivity contribution < 1.29 is 18.4 Å². The summed E-state index contributed by atoms with van der Waals surface area (Å²) in [6.07, 6.45) is 1.53. The first-order valence-electron chi connectivity index (χ1n) is 6.41. The molecule has 2 heterocycles. The van der Waals surface area contributed by atoms with E-state index in [2.05, 4.69) is 0 Å². The Labute approximate surface area is 121 Å². The molecule has 1 aromatic carbocycles. The van der Waals surface area contributed by atoms with Crippen molar-refractivity contribution in [1.82, 2.24) is 9.42 Å². The zero-order valence-electron chi connectivity index (χ0n) is 11.0. The molecule has 0 aromatic heterocycles. The highest BCUT2D eigenvalue weighted by molar-refractivity contribution is 7.98. The van der Waals surface area contributed by atoms with Crippen LogP contribution in [0.2, 0.25) is 0 Å². The zero-order valence-corrected chi connectivity index (χ0v) is 11.8. The van der Waals surface area contributed by atoms with Crippen LogP contribution in [0.1, 0.15) is 18.4 Å². The van der Waals surface area contributed by atoms with Gasteiger partial charge in [0.05, 0.1) is 4.92 Å². The predicted octanol–water partition coefficient (Wildman–Crippen LogP) is 1.44. The molecule has 0 spiro atoms. The van der Waals surface area contributed by atoms with E-state index in [1.54, 1.807) is 0 Å². The fourth-order valence-corrected chi connectivity index (χ4v) is 4.32. The molecule has 0 unspecified atom stereocenters. The molecule has 0 saturated carbocycles. The number of benzene rings is 1. The maximum Gasteiger partial charge on any atom is 0.269 e. The smallest absolute Gasteiger partial charge is 0.269 e. The van der Waals surface area contributed by atoms with Gasteiger partial charge in [-0.05, 0) is 25.0 Å². The van der Waals surface area contributed by atoms with Crippen LogP contribution < -0.4 is 0 Å². The van der Waals surface area contributed by atoms with E-state index in [0.29, 0.717) is 13.1 Å². The Kier molecular flexibility index (Phi) is 3.10. The molecule has 2 aliphatic heterocycles. The quantitative estimate of drug-likeness (QED) is 0.654. The number of fused-ring (bicyclic) bond motifs is 1. The maximum absolute atomic E-state index is 12.5. The lowest BCUT2D eigenvalue weighted by Crippen LogP contribution is -2.44. The molecule has 1 fully saturated rings. The van der Waals surface area contributed by atoms with E-state index >= 15 is 0 Å². The highest BCUT2D eigenvalue weighted by Crippen LogP contribution is 2.38. The molecule has 9 heteroatoms. The van der Waals surface area contributed by atoms with Crippen molar-refractivity contribution in [3.8, 4) is 0 Å². The number of rotatable bonds is 2. The fraction of sp³-hybridized carbons (Fsp3) is 0.333. The average Bonchev–Trinajstić information content (AvgIpc) is 2.67. The minimum absolute atomic E-state index is 0.132. The number of non-ortho nitro benzene ring substituents is 1. The molecule has 112 valence electrons. The van der Waals surface area contributed by atoms with E-state index in [1.807, 2.05) is 0 Å². The van der Waals surface area contributed by atoms with E-state index < -0.39 is 14.9 Å². The Hall–Kier alpha value is -2.13. The van der Waals surface area contributed by atoms with Crippen molar-refractivity contribution in [3.05, 3.63) is 45.8 Å². The van der Waals surface area contributed by atoms with E-state index in [1.165, 1.54) is 29.3 Å². The molecule has 0 atom stereocenters. The predicted molar refractivity (Wildman–Crippen MR) is 74.2 cm³/mol. The summed E-state index contributed by atoms with van der Waals surface area (Å²) >= 11 is 0. The highest BCUT2D eigenvalue weighted by atomic mass is 32.2. The third-order valence-corrected chi connectivity index (χ3v) is 5.43. The summed E-state index contributed by atoms with van der Waals surface area (Å²) in [5, 5.41) is 22.2.